The lowest BCUT2D eigenvalue weighted by atomic mass is 10.1. The summed E-state index contributed by atoms with van der Waals surface area (Å²) in [6, 6.07) is 16.2. The van der Waals surface area contributed by atoms with Crippen molar-refractivity contribution in [3.8, 4) is 0 Å². The van der Waals surface area contributed by atoms with Crippen molar-refractivity contribution < 1.29 is 4.74 Å². The summed E-state index contributed by atoms with van der Waals surface area (Å²) in [5.41, 5.74) is 3.41. The zero-order chi connectivity index (χ0) is 18.6. The van der Waals surface area contributed by atoms with Crippen LogP contribution in [-0.4, -0.2) is 39.8 Å². The van der Waals surface area contributed by atoms with Gasteiger partial charge in [-0.2, -0.15) is 0 Å². The van der Waals surface area contributed by atoms with Gasteiger partial charge in [0.2, 0.25) is 0 Å². The summed E-state index contributed by atoms with van der Waals surface area (Å²) in [5, 5.41) is 10.7. The fourth-order valence-corrected chi connectivity index (χ4v) is 2.69. The molecule has 5 nitrogen and oxygen atoms in total. The van der Waals surface area contributed by atoms with E-state index in [1.807, 2.05) is 24.3 Å². The fraction of sp³-hybridized carbons (Fsp3) is 0.350. The van der Waals surface area contributed by atoms with Crippen molar-refractivity contribution in [2.24, 2.45) is 4.99 Å². The summed E-state index contributed by atoms with van der Waals surface area (Å²) in [4.78, 5) is 4.26. The van der Waals surface area contributed by atoms with Gasteiger partial charge in [0.05, 0.1) is 6.61 Å². The summed E-state index contributed by atoms with van der Waals surface area (Å²) < 4.78 is 5.03. The first-order valence-electron chi connectivity index (χ1n) is 8.72. The van der Waals surface area contributed by atoms with Crippen LogP contribution < -0.4 is 16.0 Å². The maximum atomic E-state index is 6.18. The minimum Gasteiger partial charge on any atom is -0.383 e. The number of benzene rings is 2. The molecule has 0 aliphatic heterocycles. The number of methoxy groups -OCH3 is 1. The molecule has 2 rings (SSSR count). The Morgan fingerprint density at radius 3 is 2.44 bits per heavy atom. The number of aliphatic imine (C=N–C) groups is 1. The molecule has 0 unspecified atom stereocenters. The second-order valence-electron chi connectivity index (χ2n) is 5.81. The van der Waals surface area contributed by atoms with Gasteiger partial charge in [-0.15, -0.1) is 24.0 Å². The Bertz CT molecular complexity index is 695. The molecule has 3 N–H and O–H groups in total. The van der Waals surface area contributed by atoms with Crippen molar-refractivity contribution in [3.63, 3.8) is 0 Å². The third-order valence-corrected chi connectivity index (χ3v) is 4.29. The smallest absolute Gasteiger partial charge is 0.191 e. The van der Waals surface area contributed by atoms with Gasteiger partial charge in [0.15, 0.2) is 5.96 Å². The summed E-state index contributed by atoms with van der Waals surface area (Å²) in [5.74, 6) is 0.777. The number of ether oxygens (including phenoxy) is 1. The molecule has 148 valence electrons. The standard InChI is InChI=1S/C20H27ClN4O.HI/c1-22-20(24-12-11-17-5-3-4-6-19(17)21)25-15-16-7-9-18(10-8-16)23-13-14-26-2;/h3-10,23H,11-15H2,1-2H3,(H2,22,24,25);1H. The number of nitrogens with one attached hydrogen (secondary N) is 3. The van der Waals surface area contributed by atoms with Crippen molar-refractivity contribution in [3.05, 3.63) is 64.7 Å². The van der Waals surface area contributed by atoms with E-state index in [0.717, 1.165) is 41.7 Å². The molecular weight excluding hydrogens is 475 g/mol. The molecule has 0 atom stereocenters. The average Bonchev–Trinajstić information content (AvgIpc) is 2.67. The Hall–Kier alpha value is -1.51. The van der Waals surface area contributed by atoms with E-state index in [4.69, 9.17) is 16.3 Å². The van der Waals surface area contributed by atoms with Crippen LogP contribution in [0.4, 0.5) is 5.69 Å². The average molecular weight is 503 g/mol. The van der Waals surface area contributed by atoms with Gasteiger partial charge >= 0.3 is 0 Å². The quantitative estimate of drug-likeness (QED) is 0.211. The summed E-state index contributed by atoms with van der Waals surface area (Å²) >= 11 is 6.18. The minimum atomic E-state index is 0. The lowest BCUT2D eigenvalue weighted by Crippen LogP contribution is -2.37. The van der Waals surface area contributed by atoms with E-state index in [1.54, 1.807) is 14.2 Å². The normalized spacial score (nSPS) is 10.9. The van der Waals surface area contributed by atoms with E-state index < -0.39 is 0 Å². The predicted molar refractivity (Wildman–Crippen MR) is 126 cm³/mol. The van der Waals surface area contributed by atoms with Gasteiger partial charge in [0, 0.05) is 44.5 Å². The number of anilines is 1. The number of guanidine groups is 1. The topological polar surface area (TPSA) is 57.7 Å². The maximum absolute atomic E-state index is 6.18. The first-order valence-corrected chi connectivity index (χ1v) is 9.10. The highest BCUT2D eigenvalue weighted by atomic mass is 127. The molecule has 0 spiro atoms. The Morgan fingerprint density at radius 2 is 1.78 bits per heavy atom. The van der Waals surface area contributed by atoms with Crippen LogP contribution in [0.1, 0.15) is 11.1 Å². The summed E-state index contributed by atoms with van der Waals surface area (Å²) in [7, 11) is 3.47. The third-order valence-electron chi connectivity index (χ3n) is 3.92. The van der Waals surface area contributed by atoms with E-state index in [0.29, 0.717) is 13.2 Å². The van der Waals surface area contributed by atoms with Crippen LogP contribution in [-0.2, 0) is 17.7 Å². The van der Waals surface area contributed by atoms with Gasteiger partial charge in [0.25, 0.3) is 0 Å². The lowest BCUT2D eigenvalue weighted by molar-refractivity contribution is 0.211. The second-order valence-corrected chi connectivity index (χ2v) is 6.22. The molecule has 0 amide bonds. The molecule has 2 aromatic carbocycles. The van der Waals surface area contributed by atoms with Crippen molar-refractivity contribution in [2.45, 2.75) is 13.0 Å². The first-order chi connectivity index (χ1) is 12.7. The molecular formula is C20H28ClIN4O. The molecule has 0 saturated carbocycles. The zero-order valence-corrected chi connectivity index (χ0v) is 18.9. The third kappa shape index (κ3) is 8.81. The molecule has 0 radical (unpaired) electrons. The molecule has 0 bridgehead atoms. The Morgan fingerprint density at radius 1 is 1.04 bits per heavy atom. The highest BCUT2D eigenvalue weighted by molar-refractivity contribution is 14.0. The van der Waals surface area contributed by atoms with Crippen LogP contribution in [0, 0.1) is 0 Å². The molecule has 2 aromatic rings. The van der Waals surface area contributed by atoms with Gasteiger partial charge < -0.3 is 20.7 Å². The highest BCUT2D eigenvalue weighted by Crippen LogP contribution is 2.14. The molecule has 0 saturated heterocycles. The van der Waals surface area contributed by atoms with E-state index >= 15 is 0 Å². The van der Waals surface area contributed by atoms with Crippen molar-refractivity contribution >= 4 is 47.2 Å². The maximum Gasteiger partial charge on any atom is 0.191 e. The molecule has 0 heterocycles. The Kier molecular flexibility index (Phi) is 11.9. The predicted octanol–water partition coefficient (Wildman–Crippen LogP) is 3.92. The van der Waals surface area contributed by atoms with E-state index in [1.165, 1.54) is 5.56 Å². The van der Waals surface area contributed by atoms with E-state index in [-0.39, 0.29) is 24.0 Å². The van der Waals surface area contributed by atoms with Gasteiger partial charge in [0.1, 0.15) is 0 Å². The number of rotatable bonds is 9. The number of hydrogen-bond donors (Lipinski definition) is 3. The van der Waals surface area contributed by atoms with Crippen LogP contribution >= 0.6 is 35.6 Å². The lowest BCUT2D eigenvalue weighted by Gasteiger charge is -2.13. The van der Waals surface area contributed by atoms with E-state index in [9.17, 15) is 0 Å². The van der Waals surface area contributed by atoms with Gasteiger partial charge in [-0.3, -0.25) is 4.99 Å². The molecule has 27 heavy (non-hydrogen) atoms. The Balaban J connectivity index is 0.00000364. The SMILES string of the molecule is CN=C(NCCc1ccccc1Cl)NCc1ccc(NCCOC)cc1.I. The van der Waals surface area contributed by atoms with Gasteiger partial charge in [-0.25, -0.2) is 0 Å². The van der Waals surface area contributed by atoms with Crippen LogP contribution in [0.15, 0.2) is 53.5 Å². The van der Waals surface area contributed by atoms with Crippen LogP contribution in [0.2, 0.25) is 5.02 Å². The van der Waals surface area contributed by atoms with Gasteiger partial charge in [-0.05, 0) is 35.7 Å². The molecule has 0 aliphatic rings. The van der Waals surface area contributed by atoms with Crippen LogP contribution in [0.5, 0.6) is 0 Å². The monoisotopic (exact) mass is 502 g/mol. The largest absolute Gasteiger partial charge is 0.383 e. The van der Waals surface area contributed by atoms with Crippen molar-refractivity contribution in [1.82, 2.24) is 10.6 Å². The molecule has 0 aliphatic carbocycles. The molecule has 7 heteroatoms. The van der Waals surface area contributed by atoms with Crippen molar-refractivity contribution in [2.75, 3.05) is 39.2 Å². The molecule has 0 aromatic heterocycles. The summed E-state index contributed by atoms with van der Waals surface area (Å²) in [6.45, 7) is 2.98. The minimum absolute atomic E-state index is 0. The first kappa shape index (κ1) is 23.5. The Labute approximate surface area is 184 Å². The van der Waals surface area contributed by atoms with E-state index in [2.05, 4.69) is 45.2 Å². The van der Waals surface area contributed by atoms with Crippen LogP contribution in [0.25, 0.3) is 0 Å². The van der Waals surface area contributed by atoms with Crippen molar-refractivity contribution in [1.29, 1.82) is 0 Å². The number of halogens is 2. The molecule has 0 fully saturated rings. The number of nitrogens with zero attached hydrogens (tertiary/aromatic N) is 1. The fourth-order valence-electron chi connectivity index (χ4n) is 2.46. The number of hydrogen-bond acceptors (Lipinski definition) is 3. The van der Waals surface area contributed by atoms with Gasteiger partial charge in [-0.1, -0.05) is 41.9 Å². The summed E-state index contributed by atoms with van der Waals surface area (Å²) in [6.07, 6.45) is 0.849. The van der Waals surface area contributed by atoms with Crippen LogP contribution in [0.3, 0.4) is 0 Å². The zero-order valence-electron chi connectivity index (χ0n) is 15.8. The second kappa shape index (κ2) is 13.6. The highest BCUT2D eigenvalue weighted by Gasteiger charge is 2.01.